The Bertz CT molecular complexity index is 534. The van der Waals surface area contributed by atoms with E-state index in [0.717, 1.165) is 36.8 Å². The second-order valence-electron chi connectivity index (χ2n) is 4.66. The van der Waals surface area contributed by atoms with Gasteiger partial charge in [0.05, 0.1) is 0 Å². The van der Waals surface area contributed by atoms with Crippen LogP contribution in [0.15, 0.2) is 30.6 Å². The van der Waals surface area contributed by atoms with Crippen LogP contribution in [0.25, 0.3) is 0 Å². The molecular weight excluding hydrogens is 258 g/mol. The van der Waals surface area contributed by atoms with Crippen LogP contribution < -0.4 is 5.32 Å². The van der Waals surface area contributed by atoms with Crippen molar-refractivity contribution in [2.45, 2.75) is 32.9 Å². The normalized spacial score (nSPS) is 10.9. The van der Waals surface area contributed by atoms with Gasteiger partial charge in [0.15, 0.2) is 0 Å². The molecule has 0 spiro atoms. The van der Waals surface area contributed by atoms with Gasteiger partial charge >= 0.3 is 0 Å². The van der Waals surface area contributed by atoms with E-state index in [4.69, 9.17) is 11.6 Å². The zero-order valence-corrected chi connectivity index (χ0v) is 12.2. The lowest BCUT2D eigenvalue weighted by Gasteiger charge is -2.11. The van der Waals surface area contributed by atoms with Gasteiger partial charge in [-0.2, -0.15) is 0 Å². The lowest BCUT2D eigenvalue weighted by atomic mass is 10.0. The molecule has 0 aliphatic heterocycles. The SMILES string of the molecule is CCCn1ccnc1Cc1cc(Cl)ccc1CNC. The maximum atomic E-state index is 6.11. The quantitative estimate of drug-likeness (QED) is 0.878. The average molecular weight is 278 g/mol. The molecule has 0 bridgehead atoms. The fourth-order valence-corrected chi connectivity index (χ4v) is 2.44. The van der Waals surface area contributed by atoms with Crippen molar-refractivity contribution in [3.05, 3.63) is 52.6 Å². The first kappa shape index (κ1) is 14.1. The minimum absolute atomic E-state index is 0.781. The molecule has 0 unspecified atom stereocenters. The third-order valence-corrected chi connectivity index (χ3v) is 3.39. The van der Waals surface area contributed by atoms with Crippen LogP contribution in [0.4, 0.5) is 0 Å². The fraction of sp³-hybridized carbons (Fsp3) is 0.400. The lowest BCUT2D eigenvalue weighted by Crippen LogP contribution is -2.10. The van der Waals surface area contributed by atoms with Crippen molar-refractivity contribution in [2.75, 3.05) is 7.05 Å². The molecule has 0 atom stereocenters. The molecule has 0 saturated carbocycles. The van der Waals surface area contributed by atoms with E-state index >= 15 is 0 Å². The highest BCUT2D eigenvalue weighted by Gasteiger charge is 2.08. The largest absolute Gasteiger partial charge is 0.335 e. The topological polar surface area (TPSA) is 29.9 Å². The Hall–Kier alpha value is -1.32. The van der Waals surface area contributed by atoms with E-state index in [-0.39, 0.29) is 0 Å². The fourth-order valence-electron chi connectivity index (χ4n) is 2.24. The van der Waals surface area contributed by atoms with Gasteiger partial charge in [-0.15, -0.1) is 0 Å². The monoisotopic (exact) mass is 277 g/mol. The van der Waals surface area contributed by atoms with E-state index in [9.17, 15) is 0 Å². The number of aryl methyl sites for hydroxylation is 1. The summed E-state index contributed by atoms with van der Waals surface area (Å²) in [6.07, 6.45) is 5.85. The molecule has 1 aromatic carbocycles. The molecule has 2 rings (SSSR count). The van der Waals surface area contributed by atoms with Gasteiger partial charge in [-0.25, -0.2) is 4.98 Å². The highest BCUT2D eigenvalue weighted by Crippen LogP contribution is 2.19. The molecule has 0 fully saturated rings. The van der Waals surface area contributed by atoms with Crippen LogP contribution >= 0.6 is 11.6 Å². The number of hydrogen-bond acceptors (Lipinski definition) is 2. The molecule has 0 aliphatic rings. The number of nitrogens with one attached hydrogen (secondary N) is 1. The Morgan fingerprint density at radius 1 is 1.32 bits per heavy atom. The van der Waals surface area contributed by atoms with Crippen LogP contribution in [0.1, 0.15) is 30.3 Å². The number of imidazole rings is 1. The Balaban J connectivity index is 2.26. The van der Waals surface area contributed by atoms with Crippen molar-refractivity contribution in [3.8, 4) is 0 Å². The van der Waals surface area contributed by atoms with Crippen LogP contribution in [-0.2, 0) is 19.5 Å². The van der Waals surface area contributed by atoms with Crippen LogP contribution in [0.3, 0.4) is 0 Å². The van der Waals surface area contributed by atoms with Gasteiger partial charge < -0.3 is 9.88 Å². The molecule has 0 amide bonds. The first-order chi connectivity index (χ1) is 9.24. The van der Waals surface area contributed by atoms with Crippen molar-refractivity contribution in [2.24, 2.45) is 0 Å². The standard InChI is InChI=1S/C15H20ClN3/c1-3-7-19-8-6-18-15(19)10-13-9-14(16)5-4-12(13)11-17-2/h4-6,8-9,17H,3,7,10-11H2,1-2H3. The third kappa shape index (κ3) is 3.58. The highest BCUT2D eigenvalue weighted by atomic mass is 35.5. The Kier molecular flexibility index (Phi) is 5.00. The minimum Gasteiger partial charge on any atom is -0.335 e. The van der Waals surface area contributed by atoms with Crippen molar-refractivity contribution in [1.82, 2.24) is 14.9 Å². The zero-order chi connectivity index (χ0) is 13.7. The van der Waals surface area contributed by atoms with E-state index in [1.54, 1.807) is 0 Å². The van der Waals surface area contributed by atoms with Gasteiger partial charge in [0.2, 0.25) is 0 Å². The smallest absolute Gasteiger partial charge is 0.113 e. The second-order valence-corrected chi connectivity index (χ2v) is 5.09. The molecule has 3 nitrogen and oxygen atoms in total. The third-order valence-electron chi connectivity index (χ3n) is 3.15. The van der Waals surface area contributed by atoms with Gasteiger partial charge in [0.25, 0.3) is 0 Å². The van der Waals surface area contributed by atoms with Gasteiger partial charge in [-0.1, -0.05) is 24.6 Å². The summed E-state index contributed by atoms with van der Waals surface area (Å²) in [5.74, 6) is 1.10. The summed E-state index contributed by atoms with van der Waals surface area (Å²) in [6.45, 7) is 4.04. The number of rotatable bonds is 6. The summed E-state index contributed by atoms with van der Waals surface area (Å²) < 4.78 is 2.21. The minimum atomic E-state index is 0.781. The van der Waals surface area contributed by atoms with Crippen LogP contribution in [-0.4, -0.2) is 16.6 Å². The average Bonchev–Trinajstić information content (AvgIpc) is 2.81. The summed E-state index contributed by atoms with van der Waals surface area (Å²) in [5, 5.41) is 3.97. The van der Waals surface area contributed by atoms with E-state index in [2.05, 4.69) is 27.9 Å². The summed E-state index contributed by atoms with van der Waals surface area (Å²) in [6, 6.07) is 6.07. The van der Waals surface area contributed by atoms with Gasteiger partial charge in [-0.3, -0.25) is 0 Å². The molecule has 1 aromatic heterocycles. The van der Waals surface area contributed by atoms with Crippen LogP contribution in [0.2, 0.25) is 5.02 Å². The molecule has 0 aliphatic carbocycles. The highest BCUT2D eigenvalue weighted by molar-refractivity contribution is 6.30. The number of nitrogens with zero attached hydrogens (tertiary/aromatic N) is 2. The first-order valence-corrected chi connectivity index (χ1v) is 7.04. The molecule has 1 heterocycles. The molecule has 19 heavy (non-hydrogen) atoms. The van der Waals surface area contributed by atoms with E-state index in [1.807, 2.05) is 31.6 Å². The maximum absolute atomic E-state index is 6.11. The molecule has 0 radical (unpaired) electrons. The number of aromatic nitrogens is 2. The van der Waals surface area contributed by atoms with Crippen molar-refractivity contribution >= 4 is 11.6 Å². The van der Waals surface area contributed by atoms with E-state index < -0.39 is 0 Å². The summed E-state index contributed by atoms with van der Waals surface area (Å²) in [7, 11) is 1.95. The number of halogens is 1. The molecule has 0 saturated heterocycles. The number of benzene rings is 1. The van der Waals surface area contributed by atoms with Gasteiger partial charge in [0.1, 0.15) is 5.82 Å². The molecule has 1 N–H and O–H groups in total. The summed E-state index contributed by atoms with van der Waals surface area (Å²) in [5.41, 5.74) is 2.52. The molecule has 4 heteroatoms. The predicted molar refractivity (Wildman–Crippen MR) is 79.5 cm³/mol. The van der Waals surface area contributed by atoms with Gasteiger partial charge in [0, 0.05) is 36.9 Å². The predicted octanol–water partition coefficient (Wildman–Crippen LogP) is 3.26. The molecule has 102 valence electrons. The van der Waals surface area contributed by atoms with Crippen LogP contribution in [0, 0.1) is 0 Å². The first-order valence-electron chi connectivity index (χ1n) is 6.66. The Morgan fingerprint density at radius 3 is 2.89 bits per heavy atom. The molecular formula is C15H20ClN3. The molecule has 2 aromatic rings. The number of hydrogen-bond donors (Lipinski definition) is 1. The summed E-state index contributed by atoms with van der Waals surface area (Å²) in [4.78, 5) is 4.46. The summed E-state index contributed by atoms with van der Waals surface area (Å²) >= 11 is 6.11. The van der Waals surface area contributed by atoms with Crippen molar-refractivity contribution < 1.29 is 0 Å². The zero-order valence-electron chi connectivity index (χ0n) is 11.5. The van der Waals surface area contributed by atoms with E-state index in [1.165, 1.54) is 11.1 Å². The van der Waals surface area contributed by atoms with Crippen molar-refractivity contribution in [1.29, 1.82) is 0 Å². The Morgan fingerprint density at radius 2 is 2.16 bits per heavy atom. The second kappa shape index (κ2) is 6.73. The van der Waals surface area contributed by atoms with Crippen LogP contribution in [0.5, 0.6) is 0 Å². The van der Waals surface area contributed by atoms with Gasteiger partial charge in [-0.05, 0) is 36.7 Å². The Labute approximate surface area is 119 Å². The van der Waals surface area contributed by atoms with E-state index in [0.29, 0.717) is 0 Å². The lowest BCUT2D eigenvalue weighted by molar-refractivity contribution is 0.645. The van der Waals surface area contributed by atoms with Crippen molar-refractivity contribution in [3.63, 3.8) is 0 Å². The maximum Gasteiger partial charge on any atom is 0.113 e.